The average molecular weight is 250 g/mol. The van der Waals surface area contributed by atoms with Crippen molar-refractivity contribution >= 4 is 25.3 Å². The Morgan fingerprint density at radius 1 is 1.14 bits per heavy atom. The summed E-state index contributed by atoms with van der Waals surface area (Å²) in [5, 5.41) is 0. The van der Waals surface area contributed by atoms with Gasteiger partial charge in [-0.2, -0.15) is 0 Å². The molecular weight excluding hydrogens is 222 g/mol. The van der Waals surface area contributed by atoms with Crippen LogP contribution in [0.5, 0.6) is 0 Å². The van der Waals surface area contributed by atoms with Crippen LogP contribution in [0, 0.1) is 0 Å². The minimum Gasteiger partial charge on any atom is -0.422 e. The summed E-state index contributed by atoms with van der Waals surface area (Å²) in [7, 11) is -0.927. The first-order chi connectivity index (χ1) is 6.20. The first-order valence-corrected chi connectivity index (χ1v) is 14.4. The molecule has 0 spiro atoms. The van der Waals surface area contributed by atoms with Gasteiger partial charge in [0.15, 0.2) is 7.83 Å². The Balaban J connectivity index is 4.90. The fourth-order valence-corrected chi connectivity index (χ4v) is 17.6. The van der Waals surface area contributed by atoms with Gasteiger partial charge in [-0.25, -0.2) is 0 Å². The molecule has 0 aromatic heterocycles. The summed E-state index contributed by atoms with van der Waals surface area (Å²) in [6.07, 6.45) is 0. The zero-order valence-corrected chi connectivity index (χ0v) is 14.6. The molecule has 5 heteroatoms. The van der Waals surface area contributed by atoms with E-state index in [0.29, 0.717) is 6.04 Å². The van der Waals surface area contributed by atoms with Crippen molar-refractivity contribution in [2.45, 2.75) is 52.6 Å². The second-order valence-corrected chi connectivity index (χ2v) is 21.5. The van der Waals surface area contributed by atoms with Crippen LogP contribution in [-0.2, 0) is 4.43 Å². The van der Waals surface area contributed by atoms with Crippen LogP contribution in [0.4, 0.5) is 0 Å². The van der Waals surface area contributed by atoms with Crippen LogP contribution in [0.15, 0.2) is 0 Å². The van der Waals surface area contributed by atoms with Crippen molar-refractivity contribution in [2.24, 2.45) is 0 Å². The zero-order valence-electron chi connectivity index (χ0n) is 11.1. The highest BCUT2D eigenvalue weighted by Crippen LogP contribution is 2.24. The van der Waals surface area contributed by atoms with Gasteiger partial charge in [-0.15, -0.1) is 0 Å². The Hall–Kier alpha value is 0.571. The van der Waals surface area contributed by atoms with Gasteiger partial charge < -0.3 is 8.66 Å². The van der Waals surface area contributed by atoms with Gasteiger partial charge in [0, 0.05) is 7.11 Å². The van der Waals surface area contributed by atoms with Crippen molar-refractivity contribution < 1.29 is 4.43 Å². The van der Waals surface area contributed by atoms with Crippen molar-refractivity contribution in [2.75, 3.05) is 7.11 Å². The van der Waals surface area contributed by atoms with E-state index in [1.54, 1.807) is 0 Å². The van der Waals surface area contributed by atoms with E-state index >= 15 is 0 Å². The molecule has 0 rings (SSSR count). The highest BCUT2D eigenvalue weighted by Gasteiger charge is 2.46. The first kappa shape index (κ1) is 14.6. The van der Waals surface area contributed by atoms with Crippen molar-refractivity contribution in [1.82, 2.24) is 4.23 Å². The van der Waals surface area contributed by atoms with Crippen molar-refractivity contribution in [3.05, 3.63) is 0 Å². The average Bonchev–Trinajstić information content (AvgIpc) is 2.03. The highest BCUT2D eigenvalue weighted by atomic mass is 29.3. The molecule has 0 aliphatic carbocycles. The van der Waals surface area contributed by atoms with Gasteiger partial charge in [0.2, 0.25) is 0 Å². The molecule has 2 nitrogen and oxygen atoms in total. The summed E-state index contributed by atoms with van der Waals surface area (Å²) in [5.41, 5.74) is 0. The predicted molar refractivity (Wildman–Crippen MR) is 73.4 cm³/mol. The van der Waals surface area contributed by atoms with Gasteiger partial charge in [0.1, 0.15) is 7.75 Å². The molecule has 0 bridgehead atoms. The molecule has 0 aliphatic rings. The standard InChI is InChI=1S/C9H27NOSi3/c1-9(2)10(12-4)13(5,6)14(7,8)11-3/h9H,12H2,1-8H3. The molecule has 0 N–H and O–H groups in total. The number of hydrogen-bond acceptors (Lipinski definition) is 2. The number of hydrogen-bond donors (Lipinski definition) is 0. The van der Waals surface area contributed by atoms with Crippen LogP contribution in [0.3, 0.4) is 0 Å². The van der Waals surface area contributed by atoms with Crippen molar-refractivity contribution in [3.8, 4) is 0 Å². The van der Waals surface area contributed by atoms with Gasteiger partial charge in [0.05, 0.1) is 9.68 Å². The predicted octanol–water partition coefficient (Wildman–Crippen LogP) is 1.96. The van der Waals surface area contributed by atoms with E-state index in [-0.39, 0.29) is 9.68 Å². The molecule has 0 aromatic rings. The van der Waals surface area contributed by atoms with Crippen LogP contribution >= 0.6 is 0 Å². The lowest BCUT2D eigenvalue weighted by molar-refractivity contribution is 0.412. The number of rotatable bonds is 5. The van der Waals surface area contributed by atoms with E-state index in [1.807, 2.05) is 7.11 Å². The van der Waals surface area contributed by atoms with Crippen LogP contribution in [0.2, 0.25) is 32.7 Å². The normalized spacial score (nSPS) is 15.0. The third kappa shape index (κ3) is 2.79. The van der Waals surface area contributed by atoms with Crippen LogP contribution < -0.4 is 0 Å². The van der Waals surface area contributed by atoms with E-state index in [2.05, 4.69) is 50.8 Å². The smallest absolute Gasteiger partial charge is 0.190 e. The molecule has 0 atom stereocenters. The molecule has 0 saturated heterocycles. The summed E-state index contributed by atoms with van der Waals surface area (Å²) in [5.74, 6) is 0. The van der Waals surface area contributed by atoms with E-state index in [9.17, 15) is 0 Å². The molecule has 0 unspecified atom stereocenters. The van der Waals surface area contributed by atoms with Crippen LogP contribution in [-0.4, -0.2) is 42.7 Å². The minimum atomic E-state index is -1.45. The Morgan fingerprint density at radius 3 is 1.79 bits per heavy atom. The molecule has 0 radical (unpaired) electrons. The summed E-state index contributed by atoms with van der Waals surface area (Å²) >= 11 is 0. The van der Waals surface area contributed by atoms with E-state index in [4.69, 9.17) is 4.43 Å². The van der Waals surface area contributed by atoms with E-state index in [0.717, 1.165) is 0 Å². The molecule has 0 aliphatic heterocycles. The lowest BCUT2D eigenvalue weighted by Crippen LogP contribution is -2.69. The molecule has 0 aromatic carbocycles. The minimum absolute atomic E-state index is 0.0630. The molecule has 0 saturated carbocycles. The number of nitrogens with zero attached hydrogens (tertiary/aromatic N) is 1. The maximum absolute atomic E-state index is 5.82. The Morgan fingerprint density at radius 2 is 1.57 bits per heavy atom. The van der Waals surface area contributed by atoms with Crippen LogP contribution in [0.25, 0.3) is 0 Å². The fourth-order valence-electron chi connectivity index (χ4n) is 2.00. The monoisotopic (exact) mass is 249 g/mol. The van der Waals surface area contributed by atoms with Crippen molar-refractivity contribution in [3.63, 3.8) is 0 Å². The summed E-state index contributed by atoms with van der Waals surface area (Å²) in [4.78, 5) is 0. The zero-order chi connectivity index (χ0) is 11.6. The second-order valence-electron chi connectivity index (χ2n) is 5.15. The molecule has 86 valence electrons. The maximum atomic E-state index is 5.82. The summed E-state index contributed by atoms with van der Waals surface area (Å²) in [6, 6.07) is 0.704. The van der Waals surface area contributed by atoms with Crippen LogP contribution in [0.1, 0.15) is 13.8 Å². The lowest BCUT2D eigenvalue weighted by atomic mass is 10.4. The fraction of sp³-hybridized carbons (Fsp3) is 1.00. The second kappa shape index (κ2) is 5.07. The lowest BCUT2D eigenvalue weighted by Gasteiger charge is -2.47. The van der Waals surface area contributed by atoms with Crippen molar-refractivity contribution in [1.29, 1.82) is 0 Å². The molecular formula is C9H27NOSi3. The largest absolute Gasteiger partial charge is 0.422 e. The summed E-state index contributed by atoms with van der Waals surface area (Å²) in [6.45, 7) is 16.8. The van der Waals surface area contributed by atoms with Gasteiger partial charge in [-0.1, -0.05) is 33.5 Å². The molecule has 0 heterocycles. The maximum Gasteiger partial charge on any atom is 0.190 e. The third-order valence-electron chi connectivity index (χ3n) is 3.67. The van der Waals surface area contributed by atoms with E-state index < -0.39 is 15.6 Å². The Labute approximate surface area is 93.9 Å². The van der Waals surface area contributed by atoms with Gasteiger partial charge in [-0.3, -0.25) is 0 Å². The summed E-state index contributed by atoms with van der Waals surface area (Å²) < 4.78 is 8.62. The molecule has 14 heavy (non-hydrogen) atoms. The first-order valence-electron chi connectivity index (χ1n) is 5.52. The third-order valence-corrected chi connectivity index (χ3v) is 25.6. The Bertz CT molecular complexity index is 183. The van der Waals surface area contributed by atoms with Gasteiger partial charge in [0.25, 0.3) is 0 Å². The van der Waals surface area contributed by atoms with Gasteiger partial charge in [-0.05, 0) is 19.1 Å². The van der Waals surface area contributed by atoms with E-state index in [1.165, 1.54) is 0 Å². The SMILES string of the molecule is CO[Si](C)(C)[Si](C)(C)N([SiH2]C)C(C)C. The quantitative estimate of drug-likeness (QED) is 0.691. The molecule has 0 fully saturated rings. The molecule has 0 amide bonds. The highest BCUT2D eigenvalue weighted by molar-refractivity contribution is 7.38. The van der Waals surface area contributed by atoms with Gasteiger partial charge >= 0.3 is 0 Å². The topological polar surface area (TPSA) is 12.5 Å². The Kier molecular flexibility index (Phi) is 5.27.